The topological polar surface area (TPSA) is 104 Å². The number of pyridine rings is 2. The minimum atomic E-state index is -0.164. The average molecular weight is 431 g/mol. The molecule has 0 saturated heterocycles. The molecular formula is C21H15ClN8O. The maximum absolute atomic E-state index is 12.6. The van der Waals surface area contributed by atoms with E-state index in [-0.39, 0.29) is 17.6 Å². The number of rotatable bonds is 5. The molecule has 0 saturated carbocycles. The first-order valence-electron chi connectivity index (χ1n) is 9.41. The monoisotopic (exact) mass is 430 g/mol. The van der Waals surface area contributed by atoms with Crippen LogP contribution in [0.5, 0.6) is 0 Å². The van der Waals surface area contributed by atoms with Crippen LogP contribution in [0.4, 0.5) is 0 Å². The molecule has 0 unspecified atom stereocenters. The summed E-state index contributed by atoms with van der Waals surface area (Å²) in [5.74, 6) is 0.251. The second-order valence-corrected chi connectivity index (χ2v) is 7.15. The Hall–Kier alpha value is -3.98. The number of imidazole rings is 1. The summed E-state index contributed by atoms with van der Waals surface area (Å²) in [5, 5.41) is 4.61. The highest BCUT2D eigenvalue weighted by Crippen LogP contribution is 2.22. The number of halogens is 1. The van der Waals surface area contributed by atoms with Gasteiger partial charge in [-0.1, -0.05) is 12.1 Å². The van der Waals surface area contributed by atoms with Crippen LogP contribution in [0.25, 0.3) is 28.4 Å². The van der Waals surface area contributed by atoms with Gasteiger partial charge in [-0.25, -0.2) is 9.67 Å². The number of ketones is 1. The SMILES string of the molecule is Cc1cccc(-c2ccn(-c3nc(Cl)nc4c3ncn4CC(=O)c3ccccn3)n2)n1. The van der Waals surface area contributed by atoms with Crippen LogP contribution < -0.4 is 0 Å². The molecule has 5 aromatic rings. The average Bonchev–Trinajstić information content (AvgIpc) is 3.42. The predicted octanol–water partition coefficient (Wildman–Crippen LogP) is 3.31. The van der Waals surface area contributed by atoms with E-state index < -0.39 is 0 Å². The maximum atomic E-state index is 12.6. The predicted molar refractivity (Wildman–Crippen MR) is 114 cm³/mol. The molecule has 0 N–H and O–H groups in total. The van der Waals surface area contributed by atoms with Gasteiger partial charge in [0, 0.05) is 18.1 Å². The Labute approximate surface area is 181 Å². The van der Waals surface area contributed by atoms with Crippen LogP contribution in [-0.2, 0) is 6.54 Å². The Morgan fingerprint density at radius 3 is 2.71 bits per heavy atom. The van der Waals surface area contributed by atoms with Gasteiger partial charge in [-0.05, 0) is 48.9 Å². The number of hydrogen-bond acceptors (Lipinski definition) is 7. The summed E-state index contributed by atoms with van der Waals surface area (Å²) < 4.78 is 3.20. The van der Waals surface area contributed by atoms with E-state index in [4.69, 9.17) is 11.6 Å². The van der Waals surface area contributed by atoms with Gasteiger partial charge in [-0.15, -0.1) is 0 Å². The summed E-state index contributed by atoms with van der Waals surface area (Å²) >= 11 is 6.19. The van der Waals surface area contributed by atoms with E-state index in [0.717, 1.165) is 11.4 Å². The van der Waals surface area contributed by atoms with Crippen molar-refractivity contribution in [3.8, 4) is 17.2 Å². The third-order valence-electron chi connectivity index (χ3n) is 4.64. The second-order valence-electron chi connectivity index (χ2n) is 6.81. The number of fused-ring (bicyclic) bond motifs is 1. The van der Waals surface area contributed by atoms with E-state index in [9.17, 15) is 4.79 Å². The van der Waals surface area contributed by atoms with Gasteiger partial charge in [-0.3, -0.25) is 14.8 Å². The van der Waals surface area contributed by atoms with Crippen molar-refractivity contribution in [1.29, 1.82) is 0 Å². The zero-order valence-corrected chi connectivity index (χ0v) is 17.1. The van der Waals surface area contributed by atoms with Gasteiger partial charge in [0.15, 0.2) is 17.0 Å². The lowest BCUT2D eigenvalue weighted by molar-refractivity contribution is 0.0968. The van der Waals surface area contributed by atoms with Crippen LogP contribution in [0.15, 0.2) is 61.2 Å². The molecule has 5 aromatic heterocycles. The number of carbonyl (C=O) groups is 1. The lowest BCUT2D eigenvalue weighted by Gasteiger charge is -2.05. The lowest BCUT2D eigenvalue weighted by Crippen LogP contribution is -2.12. The largest absolute Gasteiger partial charge is 0.307 e. The Morgan fingerprint density at radius 2 is 1.90 bits per heavy atom. The summed E-state index contributed by atoms with van der Waals surface area (Å²) in [4.78, 5) is 34.2. The Kier molecular flexibility index (Phi) is 4.72. The molecule has 0 aliphatic heterocycles. The van der Waals surface area contributed by atoms with Gasteiger partial charge in [0.05, 0.1) is 18.6 Å². The molecule has 0 aliphatic rings. The molecule has 0 bridgehead atoms. The highest BCUT2D eigenvalue weighted by Gasteiger charge is 2.18. The van der Waals surface area contributed by atoms with Gasteiger partial charge < -0.3 is 4.57 Å². The van der Waals surface area contributed by atoms with Gasteiger partial charge in [-0.2, -0.15) is 15.1 Å². The van der Waals surface area contributed by atoms with Crippen LogP contribution in [0.3, 0.4) is 0 Å². The standard InChI is InChI=1S/C21H15ClN8O/c1-13-5-4-7-14(25-13)15-8-10-30(28-15)20-18-19(26-21(22)27-20)29(12-24-18)11-17(31)16-6-2-3-9-23-16/h2-10,12H,11H2,1H3. The van der Waals surface area contributed by atoms with Crippen molar-refractivity contribution >= 4 is 28.5 Å². The molecule has 9 nitrogen and oxygen atoms in total. The van der Waals surface area contributed by atoms with Crippen molar-refractivity contribution in [3.63, 3.8) is 0 Å². The smallest absolute Gasteiger partial charge is 0.226 e. The second kappa shape index (κ2) is 7.69. The normalized spacial score (nSPS) is 11.2. The van der Waals surface area contributed by atoms with E-state index in [0.29, 0.717) is 28.4 Å². The van der Waals surface area contributed by atoms with Gasteiger partial charge in [0.2, 0.25) is 11.1 Å². The Bertz CT molecular complexity index is 1410. The minimum Gasteiger partial charge on any atom is -0.307 e. The summed E-state index contributed by atoms with van der Waals surface area (Å²) in [7, 11) is 0. The molecule has 31 heavy (non-hydrogen) atoms. The van der Waals surface area contributed by atoms with Crippen LogP contribution in [-0.4, -0.2) is 45.1 Å². The van der Waals surface area contributed by atoms with Gasteiger partial charge in [0.25, 0.3) is 0 Å². The molecule has 0 fully saturated rings. The van der Waals surface area contributed by atoms with Crippen molar-refractivity contribution in [2.75, 3.05) is 0 Å². The van der Waals surface area contributed by atoms with Gasteiger partial charge >= 0.3 is 0 Å². The summed E-state index contributed by atoms with van der Waals surface area (Å²) in [6, 6.07) is 12.8. The molecule has 0 radical (unpaired) electrons. The molecule has 0 aliphatic carbocycles. The van der Waals surface area contributed by atoms with E-state index in [1.807, 2.05) is 31.2 Å². The number of aryl methyl sites for hydroxylation is 1. The van der Waals surface area contributed by atoms with E-state index >= 15 is 0 Å². The lowest BCUT2D eigenvalue weighted by atomic mass is 10.2. The maximum Gasteiger partial charge on any atom is 0.226 e. The molecule has 0 spiro atoms. The molecule has 0 aromatic carbocycles. The number of Topliss-reactive ketones (excluding diaryl/α,β-unsaturated/α-hetero) is 1. The summed E-state index contributed by atoms with van der Waals surface area (Å²) in [6.45, 7) is 1.95. The van der Waals surface area contributed by atoms with Crippen LogP contribution in [0.2, 0.25) is 5.28 Å². The molecule has 0 amide bonds. The fourth-order valence-electron chi connectivity index (χ4n) is 3.21. The van der Waals surface area contributed by atoms with Crippen molar-refractivity contribution in [2.24, 2.45) is 0 Å². The summed E-state index contributed by atoms with van der Waals surface area (Å²) in [5.41, 5.74) is 3.62. The molecule has 10 heteroatoms. The van der Waals surface area contributed by atoms with E-state index in [1.165, 1.54) is 6.33 Å². The first-order chi connectivity index (χ1) is 15.1. The first kappa shape index (κ1) is 19.0. The molecule has 152 valence electrons. The van der Waals surface area contributed by atoms with Crippen molar-refractivity contribution in [1.82, 2.24) is 39.3 Å². The third-order valence-corrected chi connectivity index (χ3v) is 4.81. The van der Waals surface area contributed by atoms with Crippen LogP contribution >= 0.6 is 11.6 Å². The van der Waals surface area contributed by atoms with Crippen LogP contribution in [0, 0.1) is 6.92 Å². The first-order valence-corrected chi connectivity index (χ1v) is 9.79. The van der Waals surface area contributed by atoms with E-state index in [2.05, 4.69) is 30.0 Å². The molecule has 5 heterocycles. The van der Waals surface area contributed by atoms with Gasteiger partial charge in [0.1, 0.15) is 11.4 Å². The van der Waals surface area contributed by atoms with E-state index in [1.54, 1.807) is 39.8 Å². The zero-order chi connectivity index (χ0) is 21.4. The van der Waals surface area contributed by atoms with Crippen molar-refractivity contribution < 1.29 is 4.79 Å². The third kappa shape index (κ3) is 3.66. The highest BCUT2D eigenvalue weighted by atomic mass is 35.5. The quantitative estimate of drug-likeness (QED) is 0.311. The number of carbonyl (C=O) groups excluding carboxylic acids is 1. The van der Waals surface area contributed by atoms with Crippen molar-refractivity contribution in [3.05, 3.63) is 77.9 Å². The Morgan fingerprint density at radius 1 is 1.00 bits per heavy atom. The number of hydrogen-bond donors (Lipinski definition) is 0. The molecule has 0 atom stereocenters. The minimum absolute atomic E-state index is 0.0257. The Balaban J connectivity index is 1.53. The molecule has 5 rings (SSSR count). The number of aromatic nitrogens is 8. The summed E-state index contributed by atoms with van der Waals surface area (Å²) in [6.07, 6.45) is 4.87. The molecular weight excluding hydrogens is 416 g/mol. The fourth-order valence-corrected chi connectivity index (χ4v) is 3.37. The van der Waals surface area contributed by atoms with Crippen LogP contribution in [0.1, 0.15) is 16.2 Å². The zero-order valence-electron chi connectivity index (χ0n) is 16.3. The number of nitrogens with zero attached hydrogens (tertiary/aromatic N) is 8. The van der Waals surface area contributed by atoms with Crippen molar-refractivity contribution in [2.45, 2.75) is 13.5 Å². The fraction of sp³-hybridized carbons (Fsp3) is 0.0952. The highest BCUT2D eigenvalue weighted by molar-refractivity contribution is 6.28.